The Morgan fingerprint density at radius 3 is 3.05 bits per heavy atom. The second-order valence-corrected chi connectivity index (χ2v) is 4.97. The number of nitrogens with one attached hydrogen (secondary N) is 2. The molecule has 19 heavy (non-hydrogen) atoms. The molecule has 0 unspecified atom stereocenters. The molecule has 1 atom stereocenters. The Labute approximate surface area is 117 Å². The number of ether oxygens (including phenoxy) is 1. The maximum Gasteiger partial charge on any atom is 0.141 e. The largest absolute Gasteiger partial charge is 0.383 e. The van der Waals surface area contributed by atoms with Gasteiger partial charge in [-0.1, -0.05) is 11.6 Å². The Balaban J connectivity index is 2.08. The van der Waals surface area contributed by atoms with Crippen molar-refractivity contribution in [2.24, 2.45) is 0 Å². The molecular weight excluding hydrogens is 269 g/mol. The first kappa shape index (κ1) is 14.5. The molecule has 2 rings (SSSR count). The van der Waals surface area contributed by atoms with E-state index in [9.17, 15) is 4.39 Å². The fourth-order valence-corrected chi connectivity index (χ4v) is 2.26. The van der Waals surface area contributed by atoms with Crippen LogP contribution in [0, 0.1) is 5.82 Å². The van der Waals surface area contributed by atoms with E-state index in [0.717, 1.165) is 25.2 Å². The van der Waals surface area contributed by atoms with Crippen molar-refractivity contribution < 1.29 is 9.13 Å². The average Bonchev–Trinajstić information content (AvgIpc) is 2.91. The number of halogens is 2. The summed E-state index contributed by atoms with van der Waals surface area (Å²) in [6.07, 6.45) is 1.07. The zero-order chi connectivity index (χ0) is 13.7. The van der Waals surface area contributed by atoms with Crippen LogP contribution >= 0.6 is 11.6 Å². The quantitative estimate of drug-likeness (QED) is 0.783. The van der Waals surface area contributed by atoms with Gasteiger partial charge in [0.1, 0.15) is 5.82 Å². The van der Waals surface area contributed by atoms with E-state index < -0.39 is 5.82 Å². The molecule has 1 saturated heterocycles. The molecule has 0 bridgehead atoms. The molecular formula is C13H19ClFN3O. The Morgan fingerprint density at radius 2 is 2.42 bits per heavy atom. The van der Waals surface area contributed by atoms with Crippen LogP contribution in [0.2, 0.25) is 5.02 Å². The Kier molecular flexibility index (Phi) is 5.39. The van der Waals surface area contributed by atoms with E-state index in [2.05, 4.69) is 10.7 Å². The number of hydrogen-bond acceptors (Lipinski definition) is 4. The van der Waals surface area contributed by atoms with Gasteiger partial charge in [0.2, 0.25) is 0 Å². The molecule has 2 N–H and O–H groups in total. The number of hydrazine groups is 1. The van der Waals surface area contributed by atoms with Crippen LogP contribution in [-0.2, 0) is 4.74 Å². The van der Waals surface area contributed by atoms with E-state index in [4.69, 9.17) is 16.3 Å². The maximum atomic E-state index is 13.2. The summed E-state index contributed by atoms with van der Waals surface area (Å²) in [5.41, 5.74) is 4.27. The lowest BCUT2D eigenvalue weighted by atomic mass is 10.2. The Morgan fingerprint density at radius 1 is 1.58 bits per heavy atom. The molecule has 0 spiro atoms. The van der Waals surface area contributed by atoms with Gasteiger partial charge in [0.05, 0.1) is 23.9 Å². The normalized spacial score (nSPS) is 18.8. The van der Waals surface area contributed by atoms with E-state index in [1.807, 2.05) is 5.01 Å². The second-order valence-electron chi connectivity index (χ2n) is 4.56. The summed E-state index contributed by atoms with van der Waals surface area (Å²) < 4.78 is 18.3. The van der Waals surface area contributed by atoms with E-state index >= 15 is 0 Å². The molecule has 1 fully saturated rings. The van der Waals surface area contributed by atoms with Crippen molar-refractivity contribution in [1.82, 2.24) is 10.7 Å². The maximum absolute atomic E-state index is 13.2. The number of methoxy groups -OCH3 is 1. The lowest BCUT2D eigenvalue weighted by molar-refractivity contribution is 0.201. The third-order valence-electron chi connectivity index (χ3n) is 3.13. The van der Waals surface area contributed by atoms with Crippen LogP contribution in [0.25, 0.3) is 0 Å². The molecule has 1 aromatic carbocycles. The summed E-state index contributed by atoms with van der Waals surface area (Å²) in [6, 6.07) is 5.10. The molecule has 1 aliphatic heterocycles. The van der Waals surface area contributed by atoms with E-state index in [1.165, 1.54) is 6.07 Å². The predicted octanol–water partition coefficient (Wildman–Crippen LogP) is 1.80. The third kappa shape index (κ3) is 4.04. The van der Waals surface area contributed by atoms with Crippen molar-refractivity contribution in [2.45, 2.75) is 12.5 Å². The first-order valence-corrected chi connectivity index (χ1v) is 6.77. The standard InChI is InChI=1S/C13H19ClFN3O/c1-19-7-6-18(17-10-4-5-16-9-10)11-2-3-13(15)12(14)8-11/h2-3,8,10,16-17H,4-7,9H2,1H3/t10-/m0/s1. The molecule has 0 saturated carbocycles. The second kappa shape index (κ2) is 7.05. The highest BCUT2D eigenvalue weighted by atomic mass is 35.5. The van der Waals surface area contributed by atoms with Crippen LogP contribution in [0.3, 0.4) is 0 Å². The number of rotatable bonds is 6. The Hall–Kier alpha value is -0.880. The molecule has 0 amide bonds. The minimum atomic E-state index is -0.403. The first-order valence-electron chi connectivity index (χ1n) is 6.39. The van der Waals surface area contributed by atoms with E-state index in [1.54, 1.807) is 19.2 Å². The van der Waals surface area contributed by atoms with Crippen LogP contribution in [0.15, 0.2) is 18.2 Å². The molecule has 106 valence electrons. The monoisotopic (exact) mass is 287 g/mol. The molecule has 6 heteroatoms. The lowest BCUT2D eigenvalue weighted by Crippen LogP contribution is -2.47. The van der Waals surface area contributed by atoms with Crippen molar-refractivity contribution >= 4 is 17.3 Å². The van der Waals surface area contributed by atoms with Gasteiger partial charge in [-0.2, -0.15) is 0 Å². The van der Waals surface area contributed by atoms with Gasteiger partial charge in [-0.05, 0) is 31.2 Å². The summed E-state index contributed by atoms with van der Waals surface area (Å²) in [6.45, 7) is 3.20. The number of anilines is 1. The number of benzene rings is 1. The zero-order valence-electron chi connectivity index (χ0n) is 11.0. The lowest BCUT2D eigenvalue weighted by Gasteiger charge is -2.28. The van der Waals surface area contributed by atoms with Crippen molar-refractivity contribution in [3.63, 3.8) is 0 Å². The van der Waals surface area contributed by atoms with Crippen LogP contribution in [0.1, 0.15) is 6.42 Å². The van der Waals surface area contributed by atoms with Crippen molar-refractivity contribution in [3.05, 3.63) is 29.0 Å². The summed E-state index contributed by atoms with van der Waals surface area (Å²) in [7, 11) is 1.66. The van der Waals surface area contributed by atoms with Gasteiger partial charge in [-0.15, -0.1) is 0 Å². The van der Waals surface area contributed by atoms with Crippen molar-refractivity contribution in [1.29, 1.82) is 0 Å². The summed E-state index contributed by atoms with van der Waals surface area (Å²) >= 11 is 5.84. The van der Waals surface area contributed by atoms with Gasteiger partial charge >= 0.3 is 0 Å². The highest BCUT2D eigenvalue weighted by Gasteiger charge is 2.18. The van der Waals surface area contributed by atoms with Crippen LogP contribution in [0.5, 0.6) is 0 Å². The summed E-state index contributed by atoms with van der Waals surface area (Å²) in [5.74, 6) is -0.403. The molecule has 0 radical (unpaired) electrons. The number of hydrogen-bond donors (Lipinski definition) is 2. The smallest absolute Gasteiger partial charge is 0.141 e. The van der Waals surface area contributed by atoms with Gasteiger partial charge in [-0.25, -0.2) is 9.82 Å². The highest BCUT2D eigenvalue weighted by Crippen LogP contribution is 2.22. The van der Waals surface area contributed by atoms with Gasteiger partial charge in [0.15, 0.2) is 0 Å². The third-order valence-corrected chi connectivity index (χ3v) is 3.42. The van der Waals surface area contributed by atoms with Gasteiger partial charge in [-0.3, -0.25) is 0 Å². The zero-order valence-corrected chi connectivity index (χ0v) is 11.7. The fraction of sp³-hybridized carbons (Fsp3) is 0.538. The molecule has 4 nitrogen and oxygen atoms in total. The van der Waals surface area contributed by atoms with Crippen LogP contribution in [-0.4, -0.2) is 39.4 Å². The first-order chi connectivity index (χ1) is 9.20. The average molecular weight is 288 g/mol. The van der Waals surface area contributed by atoms with E-state index in [0.29, 0.717) is 19.2 Å². The van der Waals surface area contributed by atoms with Crippen LogP contribution in [0.4, 0.5) is 10.1 Å². The fourth-order valence-electron chi connectivity index (χ4n) is 2.09. The van der Waals surface area contributed by atoms with Gasteiger partial charge in [0.25, 0.3) is 0 Å². The molecule has 0 aliphatic carbocycles. The SMILES string of the molecule is COCCN(N[C@H]1CCNC1)c1ccc(F)c(Cl)c1. The topological polar surface area (TPSA) is 36.5 Å². The van der Waals surface area contributed by atoms with E-state index in [-0.39, 0.29) is 5.02 Å². The molecule has 0 aromatic heterocycles. The van der Waals surface area contributed by atoms with Crippen molar-refractivity contribution in [3.8, 4) is 0 Å². The minimum Gasteiger partial charge on any atom is -0.383 e. The Bertz CT molecular complexity index is 413. The van der Waals surface area contributed by atoms with Gasteiger partial charge < -0.3 is 15.1 Å². The van der Waals surface area contributed by atoms with Crippen LogP contribution < -0.4 is 15.8 Å². The highest BCUT2D eigenvalue weighted by molar-refractivity contribution is 6.31. The predicted molar refractivity (Wildman–Crippen MR) is 75.0 cm³/mol. The molecule has 1 aromatic rings. The summed E-state index contributed by atoms with van der Waals surface area (Å²) in [5, 5.41) is 5.39. The number of nitrogens with zero attached hydrogens (tertiary/aromatic N) is 1. The minimum absolute atomic E-state index is 0.131. The van der Waals surface area contributed by atoms with Gasteiger partial charge in [0, 0.05) is 19.7 Å². The van der Waals surface area contributed by atoms with Crippen molar-refractivity contribution in [2.75, 3.05) is 38.4 Å². The molecule has 1 aliphatic rings. The summed E-state index contributed by atoms with van der Waals surface area (Å²) in [4.78, 5) is 0. The molecule has 1 heterocycles.